The van der Waals surface area contributed by atoms with Crippen LogP contribution in [0.15, 0.2) is 36.5 Å². The third-order valence-corrected chi connectivity index (χ3v) is 14.5. The van der Waals surface area contributed by atoms with Crippen LogP contribution in [-0.4, -0.2) is 134 Å². The highest BCUT2D eigenvalue weighted by Gasteiger charge is 2.75. The highest BCUT2D eigenvalue weighted by Crippen LogP contribution is 2.68. The van der Waals surface area contributed by atoms with Crippen molar-refractivity contribution in [1.29, 1.82) is 0 Å². The van der Waals surface area contributed by atoms with E-state index in [9.17, 15) is 51.9 Å². The Morgan fingerprint density at radius 2 is 1.92 bits per heavy atom. The van der Waals surface area contributed by atoms with Gasteiger partial charge in [-0.15, -0.1) is 0 Å². The molecule has 0 aromatic rings. The number of nitrogens with two attached hydrogens (primary N) is 1. The zero-order valence-corrected chi connectivity index (χ0v) is 34.8. The first-order valence-electron chi connectivity index (χ1n) is 19.8. The van der Waals surface area contributed by atoms with Crippen molar-refractivity contribution in [3.63, 3.8) is 0 Å². The zero-order chi connectivity index (χ0) is 45.3. The van der Waals surface area contributed by atoms with E-state index in [1.807, 2.05) is 16.9 Å². The summed E-state index contributed by atoms with van der Waals surface area (Å²) in [6, 6.07) is -4.90. The smallest absolute Gasteiger partial charge is 0.333 e. The number of carbonyl (C=O) groups excluding carboxylic acids is 8. The van der Waals surface area contributed by atoms with Gasteiger partial charge in [0.2, 0.25) is 18.0 Å². The molecule has 4 amide bonds. The van der Waals surface area contributed by atoms with Crippen molar-refractivity contribution in [3.05, 3.63) is 36.5 Å². The van der Waals surface area contributed by atoms with E-state index in [0.29, 0.717) is 24.2 Å². The average molecular weight is 887 g/mol. The number of esters is 2. The molecule has 3 aliphatic heterocycles. The number of nitrogens with one attached hydrogen (secondary N) is 2. The minimum Gasteiger partial charge on any atom is -0.456 e. The summed E-state index contributed by atoms with van der Waals surface area (Å²) >= 11 is 0. The summed E-state index contributed by atoms with van der Waals surface area (Å²) < 4.78 is 60.7. The number of urea groups is 1. The van der Waals surface area contributed by atoms with Gasteiger partial charge in [0.15, 0.2) is 42.5 Å². The van der Waals surface area contributed by atoms with Crippen LogP contribution in [0, 0.1) is 39.8 Å². The lowest BCUT2D eigenvalue weighted by atomic mass is 9.46. The number of fused-ring (bicyclic) bond motifs is 7. The van der Waals surface area contributed by atoms with Gasteiger partial charge in [0, 0.05) is 34.5 Å². The van der Waals surface area contributed by atoms with E-state index in [0.717, 1.165) is 18.6 Å². The molecular weight excluding hydrogens is 841 g/mol. The molecule has 7 aliphatic rings. The first-order valence-corrected chi connectivity index (χ1v) is 21.3. The van der Waals surface area contributed by atoms with Gasteiger partial charge >= 0.3 is 18.0 Å². The van der Waals surface area contributed by atoms with Crippen LogP contribution in [0.5, 0.6) is 0 Å². The number of rotatable bonds is 12. The molecule has 334 valence electrons. The molecule has 2 unspecified atom stereocenters. The molecule has 0 bridgehead atoms. The summed E-state index contributed by atoms with van der Waals surface area (Å²) in [6.07, 6.45) is -3.09. The molecular formula is C40H46N4O17S. The Morgan fingerprint density at radius 1 is 1.19 bits per heavy atom. The van der Waals surface area contributed by atoms with Crippen molar-refractivity contribution < 1.29 is 80.3 Å². The first kappa shape index (κ1) is 44.9. The molecule has 0 radical (unpaired) electrons. The fourth-order valence-corrected chi connectivity index (χ4v) is 11.6. The lowest BCUT2D eigenvalue weighted by Crippen LogP contribution is -2.73. The Morgan fingerprint density at radius 3 is 2.60 bits per heavy atom. The van der Waals surface area contributed by atoms with E-state index in [4.69, 9.17) is 34.2 Å². The molecule has 7 rings (SSSR count). The van der Waals surface area contributed by atoms with E-state index >= 15 is 0 Å². The largest absolute Gasteiger partial charge is 0.456 e. The molecule has 21 nitrogen and oxygen atoms in total. The van der Waals surface area contributed by atoms with Gasteiger partial charge in [-0.25, -0.2) is 14.4 Å². The molecule has 3 saturated carbocycles. The van der Waals surface area contributed by atoms with Gasteiger partial charge in [-0.3, -0.25) is 28.9 Å². The molecule has 3 heterocycles. The number of nitrogens with zero attached hydrogens (tertiary/aromatic N) is 1. The number of carbonyl (C=O) groups is 8. The minimum absolute atomic E-state index is 0.0923. The number of hydrogen-bond acceptors (Lipinski definition) is 17. The Kier molecular flexibility index (Phi) is 11.7. The minimum atomic E-state index is -4.38. The number of aliphatic hydroxyl groups excluding tert-OH is 1. The SMILES string of the molecule is C=CC(=O)O[C@H]1C(O[C@@H]2C(=O)N(C(=O)[C@@H](C)NS(=O)(=O)C#CC)C2C(=O)OCC(=O)[C@@]23OCO[C@@H]2C[C@H]2[C@@H]4CCC5=CC(=O)C=C[C@]5(C)[C@H]4C(=O)C[C@@]23C)O[C@@H](NC(N)=O)[C@H]1O. The number of Topliss-reactive ketones (excluding diaryl/α,β-unsaturated/α-hetero) is 2. The van der Waals surface area contributed by atoms with Gasteiger partial charge in [0.1, 0.15) is 18.7 Å². The summed E-state index contributed by atoms with van der Waals surface area (Å²) in [5, 5.41) is 14.7. The number of ketones is 3. The highest BCUT2D eigenvalue weighted by molar-refractivity contribution is 7.94. The number of ether oxygens (including phenoxy) is 6. The number of likely N-dealkylation sites (tertiary alicyclic amines) is 1. The van der Waals surface area contributed by atoms with E-state index in [-0.39, 0.29) is 36.6 Å². The number of β-lactam (4-membered cyclic amide) rings is 1. The second-order valence-electron chi connectivity index (χ2n) is 16.7. The molecule has 6 fully saturated rings. The van der Waals surface area contributed by atoms with E-state index in [1.165, 1.54) is 13.0 Å². The third kappa shape index (κ3) is 7.18. The molecule has 62 heavy (non-hydrogen) atoms. The number of imide groups is 1. The van der Waals surface area contributed by atoms with Crippen molar-refractivity contribution >= 4 is 57.2 Å². The summed E-state index contributed by atoms with van der Waals surface area (Å²) in [4.78, 5) is 107. The molecule has 5 N–H and O–H groups in total. The van der Waals surface area contributed by atoms with Crippen LogP contribution >= 0.6 is 0 Å². The van der Waals surface area contributed by atoms with Gasteiger partial charge in [-0.05, 0) is 57.1 Å². The van der Waals surface area contributed by atoms with Crippen LogP contribution in [0.2, 0.25) is 0 Å². The lowest BCUT2D eigenvalue weighted by Gasteiger charge is -2.56. The molecule has 14 atom stereocenters. The number of aliphatic hydroxyl groups is 1. The second kappa shape index (κ2) is 16.2. The lowest BCUT2D eigenvalue weighted by molar-refractivity contribution is -0.236. The number of allylic oxidation sites excluding steroid dienone is 4. The zero-order valence-electron chi connectivity index (χ0n) is 34.0. The first-order chi connectivity index (χ1) is 29.1. The molecule has 3 saturated heterocycles. The third-order valence-electron chi connectivity index (χ3n) is 13.4. The van der Waals surface area contributed by atoms with E-state index < -0.39 is 124 Å². The van der Waals surface area contributed by atoms with Crippen LogP contribution in [-0.2, 0) is 72.0 Å². The normalized spacial score (nSPS) is 38.4. The molecule has 4 aliphatic carbocycles. The monoisotopic (exact) mass is 886 g/mol. The number of primary amides is 1. The van der Waals surface area contributed by atoms with Crippen molar-refractivity contribution in [1.82, 2.24) is 14.9 Å². The summed E-state index contributed by atoms with van der Waals surface area (Å²) in [7, 11) is -4.38. The van der Waals surface area contributed by atoms with Crippen LogP contribution in [0.1, 0.15) is 53.4 Å². The Bertz CT molecular complexity index is 2270. The van der Waals surface area contributed by atoms with Gasteiger partial charge in [0.05, 0.1) is 12.1 Å². The standard InChI is InChI=1S/C40H46N4O17S/c1-6-12-62(54,55)43-18(3)33(50)44-28(30(34(44)51)60-36-31(59-26(48)7-2)29(49)32(61-36)42-37(41)53)35(52)56-16-24(47)40-25(57-17-58-40)14-22-21-9-8-19-13-20(45)10-11-38(19,4)27(21)23(46)15-39(22,40)5/h7,10-11,13,18,21-22,25,27-32,36,43,49H,2,8-9,14-17H2,1,3-5H3,(H3,41,42,53)/t18-,21+,22+,25-,27-,28?,29+,30+,31-,32-,36?,38+,39+,40-/m1/s1. The quantitative estimate of drug-likeness (QED) is 0.0753. The molecule has 22 heteroatoms. The average Bonchev–Trinajstić information content (AvgIpc) is 3.83. The van der Waals surface area contributed by atoms with Crippen molar-refractivity contribution in [2.24, 2.45) is 34.3 Å². The van der Waals surface area contributed by atoms with Crippen LogP contribution < -0.4 is 15.8 Å². The maximum atomic E-state index is 14.6. The Balaban J connectivity index is 1.14. The molecule has 0 aromatic heterocycles. The summed E-state index contributed by atoms with van der Waals surface area (Å²) in [6.45, 7) is 7.99. The van der Waals surface area contributed by atoms with Crippen molar-refractivity contribution in [2.45, 2.75) is 108 Å². The maximum absolute atomic E-state index is 14.6. The van der Waals surface area contributed by atoms with Gasteiger partial charge in [0.25, 0.3) is 15.9 Å². The summed E-state index contributed by atoms with van der Waals surface area (Å²) in [5.74, 6) is -4.81. The van der Waals surface area contributed by atoms with Crippen LogP contribution in [0.25, 0.3) is 0 Å². The van der Waals surface area contributed by atoms with E-state index in [1.54, 1.807) is 19.1 Å². The number of hydrogen-bond donors (Lipinski definition) is 4. The summed E-state index contributed by atoms with van der Waals surface area (Å²) in [5.41, 5.74) is 2.45. The van der Waals surface area contributed by atoms with Gasteiger partial charge < -0.3 is 44.6 Å². The maximum Gasteiger partial charge on any atom is 0.333 e. The number of amides is 4. The second-order valence-corrected chi connectivity index (χ2v) is 18.2. The predicted octanol–water partition coefficient (Wildman–Crippen LogP) is -1.47. The van der Waals surface area contributed by atoms with Gasteiger partial charge in [-0.1, -0.05) is 38.0 Å². The Hall–Kier alpha value is -5.15. The number of sulfonamides is 1. The van der Waals surface area contributed by atoms with Crippen LogP contribution in [0.4, 0.5) is 4.79 Å². The highest BCUT2D eigenvalue weighted by atomic mass is 32.2. The van der Waals surface area contributed by atoms with Gasteiger partial charge in [-0.2, -0.15) is 13.1 Å². The predicted molar refractivity (Wildman–Crippen MR) is 205 cm³/mol. The van der Waals surface area contributed by atoms with Crippen LogP contribution in [0.3, 0.4) is 0 Å². The topological polar surface area (TPSA) is 300 Å². The Labute approximate surface area is 355 Å². The molecule has 0 spiro atoms. The fourth-order valence-electron chi connectivity index (χ4n) is 10.7. The fraction of sp³-hybridized carbons (Fsp3) is 0.600. The van der Waals surface area contributed by atoms with Crippen molar-refractivity contribution in [3.8, 4) is 11.2 Å². The van der Waals surface area contributed by atoms with E-state index in [2.05, 4.69) is 17.8 Å². The van der Waals surface area contributed by atoms with Crippen molar-refractivity contribution in [2.75, 3.05) is 13.4 Å². The molecule has 0 aromatic carbocycles.